The Morgan fingerprint density at radius 2 is 1.79 bits per heavy atom. The SMILES string of the molecule is CNc1nc(C23CC4CC(C)(CC(C)(C4)C2)C3)ns1. The van der Waals surface area contributed by atoms with Crippen LogP contribution in [0.25, 0.3) is 0 Å². The number of hydrogen-bond donors (Lipinski definition) is 1. The Bertz CT molecular complexity index is 505. The summed E-state index contributed by atoms with van der Waals surface area (Å²) in [6.45, 7) is 5.02. The average molecular weight is 277 g/mol. The Kier molecular flexibility index (Phi) is 2.24. The molecule has 0 aliphatic heterocycles. The number of rotatable bonds is 2. The van der Waals surface area contributed by atoms with Gasteiger partial charge in [0, 0.05) is 24.0 Å². The number of nitrogens with zero attached hydrogens (tertiary/aromatic N) is 2. The molecule has 2 unspecified atom stereocenters. The molecule has 1 N–H and O–H groups in total. The normalized spacial score (nSPS) is 47.6. The van der Waals surface area contributed by atoms with Crippen LogP contribution >= 0.6 is 11.5 Å². The van der Waals surface area contributed by atoms with Crippen LogP contribution in [0.3, 0.4) is 0 Å². The molecular weight excluding hydrogens is 254 g/mol. The molecule has 19 heavy (non-hydrogen) atoms. The molecule has 0 spiro atoms. The van der Waals surface area contributed by atoms with Crippen LogP contribution < -0.4 is 5.32 Å². The average Bonchev–Trinajstić information content (AvgIpc) is 2.72. The van der Waals surface area contributed by atoms with Crippen LogP contribution in [-0.2, 0) is 5.41 Å². The van der Waals surface area contributed by atoms with Gasteiger partial charge in [-0.2, -0.15) is 4.37 Å². The molecule has 4 aliphatic carbocycles. The topological polar surface area (TPSA) is 37.8 Å². The summed E-state index contributed by atoms with van der Waals surface area (Å²) in [5, 5.41) is 4.12. The fourth-order valence-corrected chi connectivity index (χ4v) is 6.86. The molecule has 5 rings (SSSR count). The van der Waals surface area contributed by atoms with Crippen LogP contribution in [-0.4, -0.2) is 16.4 Å². The summed E-state index contributed by atoms with van der Waals surface area (Å²) in [6.07, 6.45) is 8.25. The van der Waals surface area contributed by atoms with Gasteiger partial charge in [-0.1, -0.05) is 13.8 Å². The summed E-state index contributed by atoms with van der Waals surface area (Å²) in [6, 6.07) is 0. The Balaban J connectivity index is 1.78. The molecule has 1 aromatic rings. The Morgan fingerprint density at radius 1 is 1.11 bits per heavy atom. The van der Waals surface area contributed by atoms with Gasteiger partial charge < -0.3 is 5.32 Å². The van der Waals surface area contributed by atoms with Crippen molar-refractivity contribution < 1.29 is 0 Å². The molecule has 0 amide bonds. The molecule has 2 atom stereocenters. The molecule has 104 valence electrons. The lowest BCUT2D eigenvalue weighted by Gasteiger charge is -2.64. The summed E-state index contributed by atoms with van der Waals surface area (Å²) in [7, 11) is 1.94. The largest absolute Gasteiger partial charge is 0.363 e. The van der Waals surface area contributed by atoms with E-state index in [0.29, 0.717) is 10.8 Å². The van der Waals surface area contributed by atoms with Gasteiger partial charge in [0.15, 0.2) is 5.82 Å². The zero-order valence-corrected chi connectivity index (χ0v) is 12.9. The van der Waals surface area contributed by atoms with E-state index in [-0.39, 0.29) is 5.41 Å². The van der Waals surface area contributed by atoms with E-state index in [9.17, 15) is 0 Å². The van der Waals surface area contributed by atoms with Crippen molar-refractivity contribution in [3.63, 3.8) is 0 Å². The van der Waals surface area contributed by atoms with E-state index in [1.165, 1.54) is 50.1 Å². The van der Waals surface area contributed by atoms with Crippen molar-refractivity contribution in [2.24, 2.45) is 16.7 Å². The summed E-state index contributed by atoms with van der Waals surface area (Å²) in [5.74, 6) is 2.05. The maximum absolute atomic E-state index is 4.78. The lowest BCUT2D eigenvalue weighted by molar-refractivity contribution is -0.112. The van der Waals surface area contributed by atoms with Gasteiger partial charge in [0.25, 0.3) is 0 Å². The second kappa shape index (κ2) is 3.51. The lowest BCUT2D eigenvalue weighted by atomic mass is 9.40. The van der Waals surface area contributed by atoms with Crippen LogP contribution in [0.4, 0.5) is 5.13 Å². The summed E-state index contributed by atoms with van der Waals surface area (Å²) in [5.41, 5.74) is 1.37. The summed E-state index contributed by atoms with van der Waals surface area (Å²) >= 11 is 1.52. The van der Waals surface area contributed by atoms with Crippen molar-refractivity contribution >= 4 is 16.7 Å². The number of aromatic nitrogens is 2. The third kappa shape index (κ3) is 1.68. The minimum Gasteiger partial charge on any atom is -0.363 e. The van der Waals surface area contributed by atoms with Gasteiger partial charge in [-0.15, -0.1) is 0 Å². The zero-order chi connectivity index (χ0) is 13.3. The number of nitrogens with one attached hydrogen (secondary N) is 1. The predicted octanol–water partition coefficient (Wildman–Crippen LogP) is 3.83. The molecule has 4 fully saturated rings. The number of anilines is 1. The summed E-state index contributed by atoms with van der Waals surface area (Å²) < 4.78 is 4.71. The first-order chi connectivity index (χ1) is 8.94. The van der Waals surface area contributed by atoms with Gasteiger partial charge in [-0.3, -0.25) is 0 Å². The molecular formula is C15H23N3S. The van der Waals surface area contributed by atoms with Crippen LogP contribution in [0.15, 0.2) is 0 Å². The van der Waals surface area contributed by atoms with E-state index in [0.717, 1.165) is 16.9 Å². The highest BCUT2D eigenvalue weighted by molar-refractivity contribution is 7.09. The third-order valence-electron chi connectivity index (χ3n) is 5.74. The molecule has 4 saturated carbocycles. The minimum absolute atomic E-state index is 0.286. The third-order valence-corrected chi connectivity index (χ3v) is 6.47. The number of hydrogen-bond acceptors (Lipinski definition) is 4. The first-order valence-electron chi connectivity index (χ1n) is 7.46. The highest BCUT2D eigenvalue weighted by atomic mass is 32.1. The Labute approximate surface area is 119 Å². The van der Waals surface area contributed by atoms with Crippen LogP contribution in [0.1, 0.15) is 58.2 Å². The maximum atomic E-state index is 4.78. The van der Waals surface area contributed by atoms with Crippen LogP contribution in [0.2, 0.25) is 0 Å². The predicted molar refractivity (Wildman–Crippen MR) is 78.5 cm³/mol. The van der Waals surface area contributed by atoms with E-state index < -0.39 is 0 Å². The standard InChI is InChI=1S/C15H23N3S/c1-13-4-10-5-14(2,7-13)9-15(6-10,8-13)11-17-12(16-3)19-18-11/h10H,4-9H2,1-3H3,(H,16,17,18). The quantitative estimate of drug-likeness (QED) is 0.893. The van der Waals surface area contributed by atoms with Crippen molar-refractivity contribution in [2.75, 3.05) is 12.4 Å². The van der Waals surface area contributed by atoms with E-state index in [1.54, 1.807) is 0 Å². The van der Waals surface area contributed by atoms with Crippen molar-refractivity contribution in [3.8, 4) is 0 Å². The van der Waals surface area contributed by atoms with Gasteiger partial charge in [-0.25, -0.2) is 4.98 Å². The molecule has 1 heterocycles. The maximum Gasteiger partial charge on any atom is 0.202 e. The van der Waals surface area contributed by atoms with Crippen molar-refractivity contribution in [3.05, 3.63) is 5.82 Å². The van der Waals surface area contributed by atoms with Gasteiger partial charge in [0.1, 0.15) is 0 Å². The van der Waals surface area contributed by atoms with E-state index in [1.807, 2.05) is 7.05 Å². The van der Waals surface area contributed by atoms with Gasteiger partial charge in [-0.05, 0) is 55.3 Å². The monoisotopic (exact) mass is 277 g/mol. The Morgan fingerprint density at radius 3 is 2.32 bits per heavy atom. The van der Waals surface area contributed by atoms with Gasteiger partial charge >= 0.3 is 0 Å². The second-order valence-corrected chi connectivity index (χ2v) is 8.84. The van der Waals surface area contributed by atoms with Crippen molar-refractivity contribution in [1.29, 1.82) is 0 Å². The molecule has 4 aliphatic rings. The van der Waals surface area contributed by atoms with E-state index >= 15 is 0 Å². The van der Waals surface area contributed by atoms with Gasteiger partial charge in [0.2, 0.25) is 5.13 Å². The zero-order valence-electron chi connectivity index (χ0n) is 12.1. The first-order valence-corrected chi connectivity index (χ1v) is 8.24. The molecule has 3 nitrogen and oxygen atoms in total. The second-order valence-electron chi connectivity index (χ2n) is 8.08. The Hall–Kier alpha value is -0.640. The highest BCUT2D eigenvalue weighted by Gasteiger charge is 2.61. The van der Waals surface area contributed by atoms with Crippen molar-refractivity contribution in [1.82, 2.24) is 9.36 Å². The minimum atomic E-state index is 0.286. The van der Waals surface area contributed by atoms with E-state index in [2.05, 4.69) is 19.2 Å². The first kappa shape index (κ1) is 12.1. The van der Waals surface area contributed by atoms with E-state index in [4.69, 9.17) is 9.36 Å². The molecule has 0 saturated heterocycles. The van der Waals surface area contributed by atoms with Gasteiger partial charge in [0.05, 0.1) is 0 Å². The van der Waals surface area contributed by atoms with Crippen molar-refractivity contribution in [2.45, 2.75) is 57.8 Å². The fraction of sp³-hybridized carbons (Fsp3) is 0.867. The smallest absolute Gasteiger partial charge is 0.202 e. The van der Waals surface area contributed by atoms with Crippen LogP contribution in [0.5, 0.6) is 0 Å². The highest BCUT2D eigenvalue weighted by Crippen LogP contribution is 2.69. The molecule has 1 aromatic heterocycles. The molecule has 0 aromatic carbocycles. The molecule has 4 heteroatoms. The molecule has 0 radical (unpaired) electrons. The summed E-state index contributed by atoms with van der Waals surface area (Å²) in [4.78, 5) is 4.78. The molecule has 4 bridgehead atoms. The fourth-order valence-electron chi connectivity index (χ4n) is 6.24. The van der Waals surface area contributed by atoms with Crippen LogP contribution in [0, 0.1) is 16.7 Å². The lowest BCUT2D eigenvalue weighted by Crippen LogP contribution is -2.57.